The third-order valence-electron chi connectivity index (χ3n) is 3.72. The van der Waals surface area contributed by atoms with Gasteiger partial charge in [0.2, 0.25) is 0 Å². The second kappa shape index (κ2) is 8.24. The van der Waals surface area contributed by atoms with Crippen molar-refractivity contribution in [2.75, 3.05) is 6.54 Å². The molecule has 0 radical (unpaired) electrons. The van der Waals surface area contributed by atoms with Crippen LogP contribution in [0.1, 0.15) is 16.1 Å². The van der Waals surface area contributed by atoms with Gasteiger partial charge < -0.3 is 5.32 Å². The van der Waals surface area contributed by atoms with Crippen LogP contribution in [0.3, 0.4) is 0 Å². The molecule has 1 amide bonds. The average Bonchev–Trinajstić information content (AvgIpc) is 3.11. The number of rotatable bonds is 6. The summed E-state index contributed by atoms with van der Waals surface area (Å²) in [6, 6.07) is 9.77. The number of nitro benzene ring substituents is 1. The Balaban J connectivity index is 1.60. The Hall–Kier alpha value is -2.84. The third kappa shape index (κ3) is 4.66. The number of nitrogens with zero attached hydrogens (tertiary/aromatic N) is 2. The molecule has 3 aromatic rings. The van der Waals surface area contributed by atoms with Crippen molar-refractivity contribution < 1.29 is 14.1 Å². The lowest BCUT2D eigenvalue weighted by molar-refractivity contribution is -0.384. The zero-order valence-corrected chi connectivity index (χ0v) is 15.4. The number of thiazole rings is 1. The van der Waals surface area contributed by atoms with Gasteiger partial charge in [0.25, 0.3) is 11.6 Å². The molecule has 0 aliphatic heterocycles. The highest BCUT2D eigenvalue weighted by Crippen LogP contribution is 2.24. The second-order valence-corrected chi connectivity index (χ2v) is 6.84. The minimum atomic E-state index is -0.584. The van der Waals surface area contributed by atoms with Crippen LogP contribution in [0.15, 0.2) is 47.8 Å². The molecule has 6 nitrogen and oxygen atoms in total. The van der Waals surface area contributed by atoms with Gasteiger partial charge in [0.1, 0.15) is 10.8 Å². The number of aromatic nitrogens is 1. The molecule has 2 aromatic carbocycles. The van der Waals surface area contributed by atoms with Crippen LogP contribution in [-0.4, -0.2) is 22.4 Å². The molecule has 0 saturated carbocycles. The first-order valence-electron chi connectivity index (χ1n) is 7.86. The number of halogens is 2. The van der Waals surface area contributed by atoms with Gasteiger partial charge in [0.05, 0.1) is 21.2 Å². The molecule has 3 rings (SSSR count). The zero-order valence-electron chi connectivity index (χ0n) is 13.8. The topological polar surface area (TPSA) is 85.1 Å². The average molecular weight is 406 g/mol. The van der Waals surface area contributed by atoms with Crippen LogP contribution in [-0.2, 0) is 6.42 Å². The van der Waals surface area contributed by atoms with Gasteiger partial charge in [-0.25, -0.2) is 9.37 Å². The van der Waals surface area contributed by atoms with E-state index in [1.165, 1.54) is 35.6 Å². The summed E-state index contributed by atoms with van der Waals surface area (Å²) in [4.78, 5) is 26.9. The van der Waals surface area contributed by atoms with E-state index in [0.717, 1.165) is 22.3 Å². The van der Waals surface area contributed by atoms with Crippen LogP contribution in [0.2, 0.25) is 5.02 Å². The number of nitrogens with one attached hydrogen (secondary N) is 1. The first kappa shape index (κ1) is 18.9. The van der Waals surface area contributed by atoms with Gasteiger partial charge in [-0.1, -0.05) is 11.6 Å². The number of benzene rings is 2. The highest BCUT2D eigenvalue weighted by Gasteiger charge is 2.15. The van der Waals surface area contributed by atoms with E-state index in [9.17, 15) is 19.3 Å². The Labute approximate surface area is 162 Å². The van der Waals surface area contributed by atoms with E-state index in [4.69, 9.17) is 11.6 Å². The van der Waals surface area contributed by atoms with Crippen LogP contribution in [0.25, 0.3) is 10.6 Å². The molecular weight excluding hydrogens is 393 g/mol. The van der Waals surface area contributed by atoms with Crippen molar-refractivity contribution in [2.45, 2.75) is 6.42 Å². The van der Waals surface area contributed by atoms with Crippen molar-refractivity contribution in [3.05, 3.63) is 80.1 Å². The molecule has 1 heterocycles. The Morgan fingerprint density at radius 1 is 1.26 bits per heavy atom. The lowest BCUT2D eigenvalue weighted by atomic mass is 10.2. The maximum atomic E-state index is 13.0. The molecule has 1 N–H and O–H groups in total. The molecule has 0 bridgehead atoms. The number of nitro groups is 1. The molecule has 0 aliphatic carbocycles. The molecule has 0 saturated heterocycles. The van der Waals surface area contributed by atoms with E-state index >= 15 is 0 Å². The number of amides is 1. The van der Waals surface area contributed by atoms with Crippen molar-refractivity contribution in [1.82, 2.24) is 10.3 Å². The van der Waals surface area contributed by atoms with Crippen LogP contribution >= 0.6 is 22.9 Å². The highest BCUT2D eigenvalue weighted by molar-refractivity contribution is 7.13. The highest BCUT2D eigenvalue weighted by atomic mass is 35.5. The second-order valence-electron chi connectivity index (χ2n) is 5.58. The lowest BCUT2D eigenvalue weighted by Gasteiger charge is -2.06. The molecule has 138 valence electrons. The van der Waals surface area contributed by atoms with Crippen molar-refractivity contribution in [3.63, 3.8) is 0 Å². The quantitative estimate of drug-likeness (QED) is 0.484. The van der Waals surface area contributed by atoms with Gasteiger partial charge >= 0.3 is 0 Å². The normalized spacial score (nSPS) is 10.6. The molecule has 0 spiro atoms. The minimum Gasteiger partial charge on any atom is -0.352 e. The molecule has 0 unspecified atom stereocenters. The van der Waals surface area contributed by atoms with Crippen molar-refractivity contribution in [3.8, 4) is 10.6 Å². The third-order valence-corrected chi connectivity index (χ3v) is 4.98. The fourth-order valence-electron chi connectivity index (χ4n) is 2.35. The fourth-order valence-corrected chi connectivity index (χ4v) is 3.41. The number of carbonyl (C=O) groups excluding carboxylic acids is 1. The van der Waals surface area contributed by atoms with E-state index in [1.807, 2.05) is 5.38 Å². The minimum absolute atomic E-state index is 0.0520. The monoisotopic (exact) mass is 405 g/mol. The number of hydrogen-bond donors (Lipinski definition) is 1. The van der Waals surface area contributed by atoms with Gasteiger partial charge in [-0.05, 0) is 30.3 Å². The van der Waals surface area contributed by atoms with E-state index in [-0.39, 0.29) is 22.1 Å². The van der Waals surface area contributed by atoms with Gasteiger partial charge in [-0.2, -0.15) is 0 Å². The summed E-state index contributed by atoms with van der Waals surface area (Å²) in [6.07, 6.45) is 0.482. The van der Waals surface area contributed by atoms with Crippen molar-refractivity contribution in [2.24, 2.45) is 0 Å². The molecule has 1 aromatic heterocycles. The summed E-state index contributed by atoms with van der Waals surface area (Å²) in [5.41, 5.74) is 1.45. The Bertz CT molecular complexity index is 992. The molecule has 0 aliphatic rings. The molecule has 27 heavy (non-hydrogen) atoms. The summed E-state index contributed by atoms with van der Waals surface area (Å²) in [5, 5.41) is 16.3. The maximum absolute atomic E-state index is 13.0. The summed E-state index contributed by atoms with van der Waals surface area (Å²) in [5.74, 6) is -0.796. The first-order valence-corrected chi connectivity index (χ1v) is 9.12. The van der Waals surface area contributed by atoms with E-state index in [2.05, 4.69) is 10.3 Å². The predicted octanol–water partition coefficient (Wildman–Crippen LogP) is 4.48. The number of carbonyl (C=O) groups is 1. The SMILES string of the molecule is O=C(NCCc1csc(-c2ccc(F)cc2)n1)c1cc([N+](=O)[O-])ccc1Cl. The molecule has 0 atom stereocenters. The number of hydrogen-bond acceptors (Lipinski definition) is 5. The molecule has 0 fully saturated rings. The van der Waals surface area contributed by atoms with Gasteiger partial charge in [-0.15, -0.1) is 11.3 Å². The van der Waals surface area contributed by atoms with Gasteiger partial charge in [0.15, 0.2) is 0 Å². The smallest absolute Gasteiger partial charge is 0.270 e. The van der Waals surface area contributed by atoms with Crippen LogP contribution < -0.4 is 5.32 Å². The summed E-state index contributed by atoms with van der Waals surface area (Å²) >= 11 is 7.38. The van der Waals surface area contributed by atoms with Gasteiger partial charge in [-0.3, -0.25) is 14.9 Å². The lowest BCUT2D eigenvalue weighted by Crippen LogP contribution is -2.26. The molecular formula is C18H13ClFN3O3S. The first-order chi connectivity index (χ1) is 12.9. The predicted molar refractivity (Wildman–Crippen MR) is 102 cm³/mol. The number of non-ortho nitro benzene ring substituents is 1. The van der Waals surface area contributed by atoms with Crippen molar-refractivity contribution in [1.29, 1.82) is 0 Å². The zero-order chi connectivity index (χ0) is 19.4. The van der Waals surface area contributed by atoms with Crippen LogP contribution in [0, 0.1) is 15.9 Å². The standard InChI is InChI=1S/C18H13ClFN3O3S/c19-16-6-5-14(23(25)26)9-15(16)17(24)21-8-7-13-10-27-18(22-13)11-1-3-12(20)4-2-11/h1-6,9-10H,7-8H2,(H,21,24). The fraction of sp³-hybridized carbons (Fsp3) is 0.111. The van der Waals surface area contributed by atoms with Crippen LogP contribution in [0.5, 0.6) is 0 Å². The Morgan fingerprint density at radius 2 is 2.00 bits per heavy atom. The van der Waals surface area contributed by atoms with E-state index < -0.39 is 10.8 Å². The summed E-state index contributed by atoms with van der Waals surface area (Å²) < 4.78 is 13.0. The van der Waals surface area contributed by atoms with E-state index in [0.29, 0.717) is 13.0 Å². The summed E-state index contributed by atoms with van der Waals surface area (Å²) in [6.45, 7) is 0.296. The Kier molecular flexibility index (Phi) is 5.78. The molecule has 9 heteroatoms. The van der Waals surface area contributed by atoms with Crippen LogP contribution in [0.4, 0.5) is 10.1 Å². The Morgan fingerprint density at radius 3 is 2.70 bits per heavy atom. The van der Waals surface area contributed by atoms with Crippen molar-refractivity contribution >= 4 is 34.5 Å². The largest absolute Gasteiger partial charge is 0.352 e. The van der Waals surface area contributed by atoms with E-state index in [1.54, 1.807) is 12.1 Å². The maximum Gasteiger partial charge on any atom is 0.270 e. The van der Waals surface area contributed by atoms with Gasteiger partial charge in [0, 0.05) is 36.0 Å². The summed E-state index contributed by atoms with van der Waals surface area (Å²) in [7, 11) is 0.